The van der Waals surface area contributed by atoms with Crippen molar-refractivity contribution in [2.75, 3.05) is 0 Å². The Morgan fingerprint density at radius 2 is 2.57 bits per heavy atom. The van der Waals surface area contributed by atoms with E-state index >= 15 is 0 Å². The van der Waals surface area contributed by atoms with Crippen LogP contribution in [0.15, 0.2) is 0 Å². The Labute approximate surface area is 44.0 Å². The molecule has 0 saturated heterocycles. The highest BCUT2D eigenvalue weighted by molar-refractivity contribution is 7.05. The zero-order valence-electron chi connectivity index (χ0n) is 3.40. The van der Waals surface area contributed by atoms with Gasteiger partial charge in [0.1, 0.15) is 0 Å². The molecule has 0 amide bonds. The summed E-state index contributed by atoms with van der Waals surface area (Å²) in [6.45, 7) is -0.0579. The largest absolute Gasteiger partial charge is 0.389 e. The van der Waals surface area contributed by atoms with Crippen molar-refractivity contribution < 1.29 is 5.11 Å². The molecule has 0 aliphatic carbocycles. The van der Waals surface area contributed by atoms with Gasteiger partial charge in [0.15, 0.2) is 5.01 Å². The Bertz CT molecular complexity index is 127. The van der Waals surface area contributed by atoms with Crippen molar-refractivity contribution in [3.63, 3.8) is 0 Å². The first-order valence-corrected chi connectivity index (χ1v) is 2.45. The van der Waals surface area contributed by atoms with Crippen LogP contribution in [0.2, 0.25) is 0 Å². The second-order valence-electron chi connectivity index (χ2n) is 0.914. The van der Waals surface area contributed by atoms with E-state index in [1.807, 2.05) is 0 Å². The second-order valence-corrected chi connectivity index (χ2v) is 1.73. The Kier molecular flexibility index (Phi) is 1.28. The standard InChI is InChI=1S/C2H3N3OS/c6-1-2-3-4-5-7-2/h6H,1H2. The molecule has 0 atom stereocenters. The smallest absolute Gasteiger partial charge is 0.163 e. The number of hydrogen-bond acceptors (Lipinski definition) is 5. The van der Waals surface area contributed by atoms with Crippen molar-refractivity contribution in [3.8, 4) is 0 Å². The molecule has 0 aromatic carbocycles. The van der Waals surface area contributed by atoms with Crippen LogP contribution in [0.25, 0.3) is 0 Å². The fraction of sp³-hybridized carbons (Fsp3) is 0.500. The first kappa shape index (κ1) is 4.61. The van der Waals surface area contributed by atoms with Gasteiger partial charge in [0.05, 0.1) is 6.61 Å². The van der Waals surface area contributed by atoms with Gasteiger partial charge in [-0.2, -0.15) is 0 Å². The van der Waals surface area contributed by atoms with E-state index in [0.717, 1.165) is 11.5 Å². The van der Waals surface area contributed by atoms with E-state index in [9.17, 15) is 0 Å². The predicted octanol–water partition coefficient (Wildman–Crippen LogP) is -0.575. The summed E-state index contributed by atoms with van der Waals surface area (Å²) in [5.74, 6) is 0. The van der Waals surface area contributed by atoms with E-state index in [1.54, 1.807) is 0 Å². The van der Waals surface area contributed by atoms with Crippen molar-refractivity contribution in [1.82, 2.24) is 14.8 Å². The van der Waals surface area contributed by atoms with Crippen molar-refractivity contribution in [2.24, 2.45) is 0 Å². The molecule has 0 aliphatic heterocycles. The van der Waals surface area contributed by atoms with Gasteiger partial charge in [0.25, 0.3) is 0 Å². The molecule has 5 heteroatoms. The Hall–Kier alpha value is -0.550. The third kappa shape index (κ3) is 0.908. The summed E-state index contributed by atoms with van der Waals surface area (Å²) in [4.78, 5) is 0. The SMILES string of the molecule is OCc1nnns1. The van der Waals surface area contributed by atoms with Crippen LogP contribution in [-0.4, -0.2) is 19.9 Å². The fourth-order valence-corrected chi connectivity index (χ4v) is 0.510. The summed E-state index contributed by atoms with van der Waals surface area (Å²) in [5, 5.41) is 15.5. The van der Waals surface area contributed by atoms with E-state index in [0.29, 0.717) is 5.01 Å². The summed E-state index contributed by atoms with van der Waals surface area (Å²) in [6.07, 6.45) is 0. The van der Waals surface area contributed by atoms with E-state index in [1.165, 1.54) is 0 Å². The van der Waals surface area contributed by atoms with Gasteiger partial charge in [-0.15, -0.1) is 5.10 Å². The van der Waals surface area contributed by atoms with Gasteiger partial charge < -0.3 is 5.11 Å². The average Bonchev–Trinajstić information content (AvgIpc) is 2.14. The predicted molar refractivity (Wildman–Crippen MR) is 23.6 cm³/mol. The molecule has 0 spiro atoms. The third-order valence-corrected chi connectivity index (χ3v) is 1.05. The lowest BCUT2D eigenvalue weighted by Gasteiger charge is -1.72. The topological polar surface area (TPSA) is 58.9 Å². The maximum Gasteiger partial charge on any atom is 0.163 e. The molecular formula is C2H3N3OS. The molecule has 1 heterocycles. The number of nitrogens with zero attached hydrogens (tertiary/aromatic N) is 3. The Morgan fingerprint density at radius 3 is 2.86 bits per heavy atom. The highest BCUT2D eigenvalue weighted by atomic mass is 32.1. The van der Waals surface area contributed by atoms with Gasteiger partial charge in [0.2, 0.25) is 0 Å². The van der Waals surface area contributed by atoms with Gasteiger partial charge in [0, 0.05) is 11.5 Å². The second kappa shape index (κ2) is 1.94. The lowest BCUT2D eigenvalue weighted by atomic mass is 10.8. The summed E-state index contributed by atoms with van der Waals surface area (Å²) < 4.78 is 3.41. The van der Waals surface area contributed by atoms with Gasteiger partial charge in [-0.1, -0.05) is 4.49 Å². The molecule has 38 valence electrons. The zero-order chi connectivity index (χ0) is 5.11. The highest BCUT2D eigenvalue weighted by Gasteiger charge is 1.89. The summed E-state index contributed by atoms with van der Waals surface area (Å²) in [7, 11) is 0. The van der Waals surface area contributed by atoms with Gasteiger partial charge in [-0.05, 0) is 5.21 Å². The molecule has 0 bridgehead atoms. The van der Waals surface area contributed by atoms with Crippen LogP contribution in [-0.2, 0) is 6.61 Å². The number of rotatable bonds is 1. The van der Waals surface area contributed by atoms with Crippen LogP contribution in [0, 0.1) is 0 Å². The van der Waals surface area contributed by atoms with Gasteiger partial charge >= 0.3 is 0 Å². The Morgan fingerprint density at radius 1 is 1.71 bits per heavy atom. The van der Waals surface area contributed by atoms with E-state index in [2.05, 4.69) is 14.8 Å². The summed E-state index contributed by atoms with van der Waals surface area (Å²) in [5.41, 5.74) is 0. The minimum Gasteiger partial charge on any atom is -0.389 e. The number of aromatic nitrogens is 3. The van der Waals surface area contributed by atoms with Crippen molar-refractivity contribution in [1.29, 1.82) is 0 Å². The molecule has 4 nitrogen and oxygen atoms in total. The quantitative estimate of drug-likeness (QED) is 0.535. The third-order valence-electron chi connectivity index (χ3n) is 0.474. The minimum atomic E-state index is -0.0579. The maximum absolute atomic E-state index is 8.29. The molecule has 1 rings (SSSR count). The molecule has 0 fully saturated rings. The molecule has 1 aromatic heterocycles. The molecule has 1 aromatic rings. The van der Waals surface area contributed by atoms with Crippen LogP contribution in [0.3, 0.4) is 0 Å². The molecule has 0 aliphatic rings. The normalized spacial score (nSPS) is 9.29. The molecular weight excluding hydrogens is 114 g/mol. The lowest BCUT2D eigenvalue weighted by molar-refractivity contribution is 0.280. The number of hydrogen-bond donors (Lipinski definition) is 1. The van der Waals surface area contributed by atoms with E-state index in [-0.39, 0.29) is 6.61 Å². The van der Waals surface area contributed by atoms with E-state index < -0.39 is 0 Å². The minimum absolute atomic E-state index is 0.0579. The van der Waals surface area contributed by atoms with Crippen molar-refractivity contribution in [2.45, 2.75) is 6.61 Å². The Balaban J connectivity index is 2.76. The lowest BCUT2D eigenvalue weighted by Crippen LogP contribution is -1.78. The molecule has 0 radical (unpaired) electrons. The van der Waals surface area contributed by atoms with Crippen LogP contribution in [0.5, 0.6) is 0 Å². The van der Waals surface area contributed by atoms with E-state index in [4.69, 9.17) is 5.11 Å². The highest BCUT2D eigenvalue weighted by Crippen LogP contribution is 1.93. The van der Waals surface area contributed by atoms with Crippen LogP contribution < -0.4 is 0 Å². The van der Waals surface area contributed by atoms with Crippen molar-refractivity contribution in [3.05, 3.63) is 5.01 Å². The van der Waals surface area contributed by atoms with Crippen LogP contribution >= 0.6 is 11.5 Å². The number of aliphatic hydroxyl groups excluding tert-OH is 1. The molecule has 1 N–H and O–H groups in total. The van der Waals surface area contributed by atoms with Crippen LogP contribution in [0.1, 0.15) is 5.01 Å². The van der Waals surface area contributed by atoms with Crippen molar-refractivity contribution >= 4 is 11.5 Å². The zero-order valence-corrected chi connectivity index (χ0v) is 4.22. The fourth-order valence-electron chi connectivity index (χ4n) is 0.212. The van der Waals surface area contributed by atoms with Crippen LogP contribution in [0.4, 0.5) is 0 Å². The van der Waals surface area contributed by atoms with Gasteiger partial charge in [-0.3, -0.25) is 0 Å². The summed E-state index contributed by atoms with van der Waals surface area (Å²) in [6, 6.07) is 0. The molecule has 0 unspecified atom stereocenters. The monoisotopic (exact) mass is 117 g/mol. The summed E-state index contributed by atoms with van der Waals surface area (Å²) >= 11 is 1.10. The number of aliphatic hydroxyl groups is 1. The first-order valence-electron chi connectivity index (χ1n) is 1.68. The maximum atomic E-state index is 8.29. The van der Waals surface area contributed by atoms with Gasteiger partial charge in [-0.25, -0.2) is 0 Å². The first-order chi connectivity index (χ1) is 3.43. The molecule has 7 heavy (non-hydrogen) atoms. The molecule has 0 saturated carbocycles. The average molecular weight is 117 g/mol.